The minimum Gasteiger partial charge on any atom is -0.422 e. The van der Waals surface area contributed by atoms with E-state index < -0.39 is 6.43 Å². The summed E-state index contributed by atoms with van der Waals surface area (Å²) in [6, 6.07) is 32.0. The van der Waals surface area contributed by atoms with E-state index in [9.17, 15) is 18.4 Å². The number of allylic oxidation sites excluding steroid dienone is 2. The van der Waals surface area contributed by atoms with Crippen LogP contribution >= 0.6 is 34.0 Å². The number of halogens is 2. The Balaban J connectivity index is 0.000000237. The van der Waals surface area contributed by atoms with Crippen LogP contribution in [0.2, 0.25) is 0 Å². The summed E-state index contributed by atoms with van der Waals surface area (Å²) in [7, 11) is 0. The smallest absolute Gasteiger partial charge is 0.353 e. The molecule has 2 fully saturated rings. The Morgan fingerprint density at radius 1 is 0.791 bits per heavy atom. The number of nitrogens with zero attached hydrogens (tertiary/aromatic N) is 3. The fraction of sp³-hybridized carbons (Fsp3) is 0.389. The molecule has 0 saturated carbocycles. The second kappa shape index (κ2) is 29.1. The molecule has 8 rings (SSSR count). The number of esters is 1. The number of alkyl halides is 2. The number of amides is 1. The summed E-state index contributed by atoms with van der Waals surface area (Å²) in [5.74, 6) is 0.140. The van der Waals surface area contributed by atoms with Gasteiger partial charge in [-0.05, 0) is 108 Å². The van der Waals surface area contributed by atoms with Gasteiger partial charge in [-0.3, -0.25) is 9.69 Å². The standard InChI is InChI=1S/C22H24N2OS.C22H21NO4S2.C4H10.C4H8.C2H4F2/c1-16-8-9-17(2)19(12-16)20-15-26-22(23-20)21-14-24(10-11-25-21)13-18-6-4-3-5-7-18;1-14-6-8-19(28-14)21(24)23-10-11-26-18(13-23)16-4-3-5-17(12-16)27-22(25)20-9-7-15(2)29-20;2*1-3-4-2;1-2(3)4/h3-9,12,15,21H,10-11,13-14H2,1-2H3;3-9,12,18H,10-11,13H2,1-2H3;3-4H2,1-2H3;3-4H,1-2H3;2H,1H3/b;;;4-3-;. The number of morpholine rings is 2. The minimum atomic E-state index is -2.17. The normalized spacial score (nSPS) is 15.8. The van der Waals surface area contributed by atoms with Crippen molar-refractivity contribution in [1.29, 1.82) is 0 Å². The molecule has 5 heterocycles. The summed E-state index contributed by atoms with van der Waals surface area (Å²) in [5, 5.41) is 3.25. The minimum absolute atomic E-state index is 0.0343. The summed E-state index contributed by atoms with van der Waals surface area (Å²) in [5.41, 5.74) is 7.06. The molecule has 0 aliphatic carbocycles. The van der Waals surface area contributed by atoms with Crippen molar-refractivity contribution in [1.82, 2.24) is 14.8 Å². The fourth-order valence-corrected chi connectivity index (χ4v) is 9.07. The van der Waals surface area contributed by atoms with E-state index in [1.54, 1.807) is 23.5 Å². The van der Waals surface area contributed by atoms with E-state index in [1.165, 1.54) is 57.8 Å². The molecule has 2 atom stereocenters. The third-order valence-corrected chi connectivity index (χ3v) is 13.3. The van der Waals surface area contributed by atoms with Crippen molar-refractivity contribution in [3.05, 3.63) is 161 Å². The maximum Gasteiger partial charge on any atom is 0.353 e. The number of hydrogen-bond donors (Lipinski definition) is 0. The number of hydrogen-bond acceptors (Lipinski definition) is 10. The van der Waals surface area contributed by atoms with Gasteiger partial charge in [-0.25, -0.2) is 18.6 Å². The number of unbranched alkanes of at least 4 members (excludes halogenated alkanes) is 1. The molecule has 0 bridgehead atoms. The summed E-state index contributed by atoms with van der Waals surface area (Å²) in [6.45, 7) is 22.5. The first-order chi connectivity index (χ1) is 32.2. The van der Waals surface area contributed by atoms with Gasteiger partial charge >= 0.3 is 5.97 Å². The highest BCUT2D eigenvalue weighted by molar-refractivity contribution is 7.14. The highest BCUT2D eigenvalue weighted by Gasteiger charge is 2.28. The molecule has 13 heteroatoms. The molecule has 3 aromatic heterocycles. The summed E-state index contributed by atoms with van der Waals surface area (Å²) >= 11 is 4.63. The fourth-order valence-electron chi connectivity index (χ4n) is 6.63. The van der Waals surface area contributed by atoms with Gasteiger partial charge in [0.15, 0.2) is 0 Å². The highest BCUT2D eigenvalue weighted by Crippen LogP contribution is 2.32. The third kappa shape index (κ3) is 18.6. The van der Waals surface area contributed by atoms with Crippen LogP contribution < -0.4 is 4.74 Å². The summed E-state index contributed by atoms with van der Waals surface area (Å²) in [6.07, 6.45) is 4.28. The lowest BCUT2D eigenvalue weighted by Crippen LogP contribution is -2.42. The first-order valence-corrected chi connectivity index (χ1v) is 25.4. The van der Waals surface area contributed by atoms with Crippen LogP contribution in [-0.4, -0.2) is 72.5 Å². The van der Waals surface area contributed by atoms with E-state index in [1.807, 2.05) is 81.1 Å². The van der Waals surface area contributed by atoms with Crippen LogP contribution in [0.5, 0.6) is 5.75 Å². The zero-order valence-electron chi connectivity index (χ0n) is 40.4. The van der Waals surface area contributed by atoms with Gasteiger partial charge in [0.25, 0.3) is 5.91 Å². The molecule has 67 heavy (non-hydrogen) atoms. The molecule has 1 amide bonds. The van der Waals surface area contributed by atoms with Gasteiger partial charge in [0, 0.05) is 46.9 Å². The molecule has 6 aromatic rings. The van der Waals surface area contributed by atoms with Gasteiger partial charge in [0.1, 0.15) is 27.8 Å². The Bertz CT molecular complexity index is 2400. The van der Waals surface area contributed by atoms with E-state index in [0.29, 0.717) is 30.3 Å². The highest BCUT2D eigenvalue weighted by atomic mass is 32.1. The van der Waals surface area contributed by atoms with E-state index in [-0.39, 0.29) is 24.1 Å². The molecule has 0 spiro atoms. The predicted octanol–water partition coefficient (Wildman–Crippen LogP) is 14.5. The van der Waals surface area contributed by atoms with Crippen molar-refractivity contribution in [2.24, 2.45) is 0 Å². The van der Waals surface area contributed by atoms with Gasteiger partial charge in [-0.2, -0.15) is 0 Å². The Morgan fingerprint density at radius 3 is 2.06 bits per heavy atom. The van der Waals surface area contributed by atoms with Crippen molar-refractivity contribution in [2.75, 3.05) is 39.4 Å². The van der Waals surface area contributed by atoms with Crippen LogP contribution in [0.25, 0.3) is 11.3 Å². The quantitative estimate of drug-likeness (QED) is 0.0811. The van der Waals surface area contributed by atoms with E-state index in [0.717, 1.165) is 64.1 Å². The first-order valence-electron chi connectivity index (χ1n) is 22.9. The average Bonchev–Trinajstić information content (AvgIpc) is 4.12. The second-order valence-corrected chi connectivity index (χ2v) is 19.5. The first kappa shape index (κ1) is 54.7. The molecule has 2 saturated heterocycles. The lowest BCUT2D eigenvalue weighted by Gasteiger charge is -2.33. The van der Waals surface area contributed by atoms with Crippen molar-refractivity contribution < 1.29 is 32.6 Å². The van der Waals surface area contributed by atoms with Crippen LogP contribution in [-0.2, 0) is 16.0 Å². The van der Waals surface area contributed by atoms with Gasteiger partial charge in [-0.15, -0.1) is 34.0 Å². The lowest BCUT2D eigenvalue weighted by atomic mass is 10.0. The number of aromatic nitrogens is 1. The van der Waals surface area contributed by atoms with Gasteiger partial charge < -0.3 is 19.1 Å². The van der Waals surface area contributed by atoms with Crippen molar-refractivity contribution in [3.63, 3.8) is 0 Å². The number of ether oxygens (including phenoxy) is 3. The predicted molar refractivity (Wildman–Crippen MR) is 274 cm³/mol. The Kier molecular flexibility index (Phi) is 23.8. The van der Waals surface area contributed by atoms with Crippen LogP contribution in [0, 0.1) is 27.7 Å². The third-order valence-electron chi connectivity index (χ3n) is 10.4. The maximum absolute atomic E-state index is 12.8. The number of thiophene rings is 2. The van der Waals surface area contributed by atoms with Crippen molar-refractivity contribution >= 4 is 45.9 Å². The largest absolute Gasteiger partial charge is 0.422 e. The molecule has 3 aromatic carbocycles. The number of thiazole rings is 1. The van der Waals surface area contributed by atoms with Crippen LogP contribution in [0.4, 0.5) is 8.78 Å². The monoisotopic (exact) mass is 971 g/mol. The van der Waals surface area contributed by atoms with Crippen LogP contribution in [0.3, 0.4) is 0 Å². The van der Waals surface area contributed by atoms with Gasteiger partial charge in [0.05, 0.1) is 30.3 Å². The van der Waals surface area contributed by atoms with Crippen LogP contribution in [0.15, 0.2) is 115 Å². The topological polar surface area (TPSA) is 81.2 Å². The Labute approximate surface area is 409 Å². The maximum atomic E-state index is 12.8. The zero-order chi connectivity index (χ0) is 48.7. The van der Waals surface area contributed by atoms with Gasteiger partial charge in [-0.1, -0.05) is 99.0 Å². The van der Waals surface area contributed by atoms with Crippen molar-refractivity contribution in [3.8, 4) is 17.0 Å². The summed E-state index contributed by atoms with van der Waals surface area (Å²) < 4.78 is 38.1. The Morgan fingerprint density at radius 2 is 1.43 bits per heavy atom. The van der Waals surface area contributed by atoms with E-state index in [2.05, 4.69) is 86.5 Å². The molecule has 8 nitrogen and oxygen atoms in total. The van der Waals surface area contributed by atoms with E-state index in [4.69, 9.17) is 19.2 Å². The van der Waals surface area contributed by atoms with Gasteiger partial charge in [0.2, 0.25) is 6.43 Å². The number of aryl methyl sites for hydroxylation is 4. The molecular weight excluding hydrogens is 905 g/mol. The lowest BCUT2D eigenvalue weighted by molar-refractivity contribution is -0.0329. The number of benzene rings is 3. The van der Waals surface area contributed by atoms with Crippen LogP contribution in [0.1, 0.15) is 116 Å². The molecule has 2 aliphatic heterocycles. The number of carbonyl (C=O) groups excluding carboxylic acids is 2. The Hall–Kier alpha value is -4.89. The summed E-state index contributed by atoms with van der Waals surface area (Å²) in [4.78, 5) is 37.8. The number of carbonyl (C=O) groups is 2. The molecular formula is C54H67F2N3O5S3. The number of rotatable bonds is 9. The zero-order valence-corrected chi connectivity index (χ0v) is 42.9. The molecule has 0 N–H and O–H groups in total. The molecule has 2 aliphatic rings. The average molecular weight is 972 g/mol. The van der Waals surface area contributed by atoms with E-state index >= 15 is 0 Å². The SMILES string of the molecule is C/C=C\C.CC(F)F.CCCC.Cc1ccc(C(=O)Oc2cccc(C3CN(C(=O)c4ccc(C)s4)CCO3)c2)s1.Cc1ccc(C)c(-c2csc(C3CN(Cc4ccccc4)CCO3)n2)c1. The molecule has 360 valence electrons. The van der Waals surface area contributed by atoms with Crippen molar-refractivity contribution in [2.45, 2.75) is 100 Å². The molecule has 0 radical (unpaired) electrons. The molecule has 2 unspecified atom stereocenters. The second-order valence-electron chi connectivity index (χ2n) is 16.0.